The van der Waals surface area contributed by atoms with E-state index in [0.717, 1.165) is 11.1 Å². The molecule has 0 aliphatic rings. The van der Waals surface area contributed by atoms with Gasteiger partial charge in [-0.3, -0.25) is 14.9 Å². The van der Waals surface area contributed by atoms with Crippen molar-refractivity contribution in [3.63, 3.8) is 0 Å². The number of hydrogen-bond acceptors (Lipinski definition) is 5. The van der Waals surface area contributed by atoms with Crippen molar-refractivity contribution in [3.8, 4) is 11.5 Å². The van der Waals surface area contributed by atoms with Crippen molar-refractivity contribution < 1.29 is 14.1 Å². The molecule has 8 heteroatoms. The Labute approximate surface area is 176 Å². The fraction of sp³-hybridized carbons (Fsp3) is 0.0909. The van der Waals surface area contributed by atoms with E-state index in [1.54, 1.807) is 25.1 Å². The number of nitro groups is 1. The number of nitrogens with one attached hydrogen (secondary N) is 1. The van der Waals surface area contributed by atoms with E-state index < -0.39 is 10.8 Å². The van der Waals surface area contributed by atoms with Gasteiger partial charge in [0.05, 0.1) is 15.6 Å². The van der Waals surface area contributed by atoms with E-state index in [9.17, 15) is 14.9 Å². The third-order valence-electron chi connectivity index (χ3n) is 4.66. The van der Waals surface area contributed by atoms with Gasteiger partial charge >= 0.3 is 0 Å². The van der Waals surface area contributed by atoms with Crippen LogP contribution in [0.25, 0.3) is 22.6 Å². The number of nitrogens with zero attached hydrogens (tertiary/aromatic N) is 2. The van der Waals surface area contributed by atoms with Crippen LogP contribution in [0.15, 0.2) is 59.0 Å². The summed E-state index contributed by atoms with van der Waals surface area (Å²) in [6.45, 7) is 3.55. The lowest BCUT2D eigenvalue weighted by atomic mass is 10.1. The van der Waals surface area contributed by atoms with Crippen LogP contribution in [0.3, 0.4) is 0 Å². The molecule has 30 heavy (non-hydrogen) atoms. The second-order valence-corrected chi connectivity index (χ2v) is 7.30. The van der Waals surface area contributed by atoms with E-state index in [0.29, 0.717) is 33.3 Å². The summed E-state index contributed by atoms with van der Waals surface area (Å²) in [6.07, 6.45) is 0. The maximum absolute atomic E-state index is 12.6. The molecule has 4 rings (SSSR count). The van der Waals surface area contributed by atoms with Crippen LogP contribution in [0, 0.1) is 24.0 Å². The van der Waals surface area contributed by atoms with Crippen LogP contribution in [-0.4, -0.2) is 15.8 Å². The molecule has 0 atom stereocenters. The second-order valence-electron chi connectivity index (χ2n) is 6.90. The molecule has 0 saturated heterocycles. The molecular formula is C22H16ClN3O4. The van der Waals surface area contributed by atoms with Gasteiger partial charge in [-0.2, -0.15) is 0 Å². The summed E-state index contributed by atoms with van der Waals surface area (Å²) in [7, 11) is 0. The lowest BCUT2D eigenvalue weighted by Crippen LogP contribution is -2.12. The number of amides is 1. The lowest BCUT2D eigenvalue weighted by Gasteiger charge is -2.09. The first kappa shape index (κ1) is 19.6. The smallest absolute Gasteiger partial charge is 0.272 e. The van der Waals surface area contributed by atoms with Crippen molar-refractivity contribution in [3.05, 3.63) is 86.4 Å². The molecule has 0 radical (unpaired) electrons. The number of anilines is 1. The molecule has 4 aromatic rings. The zero-order valence-corrected chi connectivity index (χ0v) is 16.9. The maximum Gasteiger partial charge on any atom is 0.272 e. The number of rotatable bonds is 4. The van der Waals surface area contributed by atoms with E-state index >= 15 is 0 Å². The molecule has 1 N–H and O–H groups in total. The van der Waals surface area contributed by atoms with Gasteiger partial charge in [-0.15, -0.1) is 0 Å². The molecule has 0 saturated carbocycles. The maximum atomic E-state index is 12.6. The third kappa shape index (κ3) is 3.75. The van der Waals surface area contributed by atoms with Gasteiger partial charge in [0.15, 0.2) is 5.58 Å². The number of benzene rings is 3. The van der Waals surface area contributed by atoms with E-state index in [2.05, 4.69) is 10.3 Å². The van der Waals surface area contributed by atoms with E-state index in [-0.39, 0.29) is 11.3 Å². The van der Waals surface area contributed by atoms with Crippen LogP contribution in [0.5, 0.6) is 0 Å². The lowest BCUT2D eigenvalue weighted by molar-refractivity contribution is -0.385. The first-order valence-electron chi connectivity index (χ1n) is 9.05. The molecule has 1 aromatic heterocycles. The minimum absolute atomic E-state index is 0.0437. The average molecular weight is 422 g/mol. The number of carbonyl (C=O) groups is 1. The fourth-order valence-electron chi connectivity index (χ4n) is 3.11. The molecule has 0 fully saturated rings. The molecule has 0 bridgehead atoms. The quantitative estimate of drug-likeness (QED) is 0.325. The number of hydrogen-bond donors (Lipinski definition) is 1. The van der Waals surface area contributed by atoms with Crippen molar-refractivity contribution in [1.82, 2.24) is 4.98 Å². The summed E-state index contributed by atoms with van der Waals surface area (Å²) in [4.78, 5) is 27.6. The standard InChI is InChI=1S/C22H16ClN3O4/c1-12-3-7-17-20(9-12)30-22(25-17)15-4-6-16(23)18(11-15)24-21(27)14-5-8-19(26(28)29)13(2)10-14/h3-11H,1-2H3,(H,24,27). The highest BCUT2D eigenvalue weighted by molar-refractivity contribution is 6.34. The van der Waals surface area contributed by atoms with Gasteiger partial charge in [0.25, 0.3) is 11.6 Å². The Morgan fingerprint density at radius 2 is 1.90 bits per heavy atom. The van der Waals surface area contributed by atoms with Crippen LogP contribution >= 0.6 is 11.6 Å². The van der Waals surface area contributed by atoms with Gasteiger partial charge < -0.3 is 9.73 Å². The van der Waals surface area contributed by atoms with Crippen molar-refractivity contribution in [2.75, 3.05) is 5.32 Å². The summed E-state index contributed by atoms with van der Waals surface area (Å²) in [5, 5.41) is 14.1. The van der Waals surface area contributed by atoms with Crippen LogP contribution < -0.4 is 5.32 Å². The zero-order valence-electron chi connectivity index (χ0n) is 16.1. The molecule has 0 unspecified atom stereocenters. The van der Waals surface area contributed by atoms with Crippen LogP contribution in [0.4, 0.5) is 11.4 Å². The zero-order chi connectivity index (χ0) is 21.4. The molecule has 0 spiro atoms. The first-order chi connectivity index (χ1) is 14.3. The summed E-state index contributed by atoms with van der Waals surface area (Å²) in [6, 6.07) is 15.0. The Kier molecular flexibility index (Phi) is 4.97. The van der Waals surface area contributed by atoms with Gasteiger partial charge in [0, 0.05) is 22.8 Å². The Morgan fingerprint density at radius 3 is 2.63 bits per heavy atom. The topological polar surface area (TPSA) is 98.3 Å². The summed E-state index contributed by atoms with van der Waals surface area (Å²) < 4.78 is 5.84. The predicted octanol–water partition coefficient (Wildman–Crippen LogP) is 5.93. The number of fused-ring (bicyclic) bond motifs is 1. The van der Waals surface area contributed by atoms with Crippen molar-refractivity contribution in [1.29, 1.82) is 0 Å². The number of aryl methyl sites for hydroxylation is 2. The molecule has 150 valence electrons. The molecule has 3 aromatic carbocycles. The number of oxazole rings is 1. The number of nitro benzene ring substituents is 1. The molecule has 0 aliphatic heterocycles. The Morgan fingerprint density at radius 1 is 1.10 bits per heavy atom. The monoisotopic (exact) mass is 421 g/mol. The second kappa shape index (κ2) is 7.61. The highest BCUT2D eigenvalue weighted by atomic mass is 35.5. The Balaban J connectivity index is 1.64. The van der Waals surface area contributed by atoms with E-state index in [1.807, 2.05) is 25.1 Å². The van der Waals surface area contributed by atoms with Crippen LogP contribution in [0.2, 0.25) is 5.02 Å². The van der Waals surface area contributed by atoms with Gasteiger partial charge in [0.2, 0.25) is 5.89 Å². The van der Waals surface area contributed by atoms with Crippen LogP contribution in [0.1, 0.15) is 21.5 Å². The van der Waals surface area contributed by atoms with Crippen molar-refractivity contribution >= 4 is 40.0 Å². The van der Waals surface area contributed by atoms with Crippen molar-refractivity contribution in [2.45, 2.75) is 13.8 Å². The number of aromatic nitrogens is 1. The van der Waals surface area contributed by atoms with E-state index in [1.165, 1.54) is 18.2 Å². The molecular weight excluding hydrogens is 406 g/mol. The van der Waals surface area contributed by atoms with E-state index in [4.69, 9.17) is 16.0 Å². The fourth-order valence-corrected chi connectivity index (χ4v) is 3.27. The summed E-state index contributed by atoms with van der Waals surface area (Å²) >= 11 is 6.26. The Hall–Kier alpha value is -3.71. The molecule has 0 aliphatic carbocycles. The minimum atomic E-state index is -0.487. The van der Waals surface area contributed by atoms with Gasteiger partial charge in [-0.25, -0.2) is 4.98 Å². The largest absolute Gasteiger partial charge is 0.436 e. The molecule has 7 nitrogen and oxygen atoms in total. The minimum Gasteiger partial charge on any atom is -0.436 e. The normalized spacial score (nSPS) is 10.9. The summed E-state index contributed by atoms with van der Waals surface area (Å²) in [5.74, 6) is -0.0193. The van der Waals surface area contributed by atoms with Gasteiger partial charge in [0.1, 0.15) is 5.52 Å². The molecule has 1 amide bonds. The Bertz CT molecular complexity index is 1310. The van der Waals surface area contributed by atoms with Gasteiger partial charge in [-0.1, -0.05) is 17.7 Å². The third-order valence-corrected chi connectivity index (χ3v) is 4.99. The highest BCUT2D eigenvalue weighted by Crippen LogP contribution is 2.31. The first-order valence-corrected chi connectivity index (χ1v) is 9.43. The average Bonchev–Trinajstić information content (AvgIpc) is 3.12. The highest BCUT2D eigenvalue weighted by Gasteiger charge is 2.16. The predicted molar refractivity (Wildman–Crippen MR) is 115 cm³/mol. The molecule has 1 heterocycles. The van der Waals surface area contributed by atoms with Crippen LogP contribution in [-0.2, 0) is 0 Å². The van der Waals surface area contributed by atoms with Gasteiger partial charge in [-0.05, 0) is 61.9 Å². The SMILES string of the molecule is Cc1ccc2nc(-c3ccc(Cl)c(NC(=O)c4ccc([N+](=O)[O-])c(C)c4)c3)oc2c1. The number of carbonyl (C=O) groups excluding carboxylic acids is 1. The summed E-state index contributed by atoms with van der Waals surface area (Å²) in [5.41, 5.74) is 4.15. The van der Waals surface area contributed by atoms with Crippen molar-refractivity contribution in [2.24, 2.45) is 0 Å². The number of halogens is 1.